The van der Waals surface area contributed by atoms with Gasteiger partial charge >= 0.3 is 39.5 Å². The van der Waals surface area contributed by atoms with E-state index in [1.54, 1.807) is 0 Å². The van der Waals surface area contributed by atoms with Crippen LogP contribution in [-0.4, -0.2) is 96.7 Å². The number of phosphoric ester groups is 2. The van der Waals surface area contributed by atoms with Gasteiger partial charge in [-0.2, -0.15) is 0 Å². The number of aliphatic hydroxyl groups is 1. The van der Waals surface area contributed by atoms with Crippen LogP contribution in [0.1, 0.15) is 253 Å². The minimum atomic E-state index is -4.93. The van der Waals surface area contributed by atoms with Gasteiger partial charge in [0.2, 0.25) is 0 Å². The molecule has 19 heteroatoms. The zero-order valence-corrected chi connectivity index (χ0v) is 48.2. The molecular formula is C54H104O17P2. The highest BCUT2D eigenvalue weighted by atomic mass is 31.2. The van der Waals surface area contributed by atoms with E-state index in [1.165, 1.54) is 57.8 Å². The third-order valence-corrected chi connectivity index (χ3v) is 14.1. The van der Waals surface area contributed by atoms with Gasteiger partial charge in [0.1, 0.15) is 19.3 Å². The molecule has 0 aromatic carbocycles. The normalized spacial score (nSPS) is 14.6. The second-order valence-electron chi connectivity index (χ2n) is 20.6. The summed E-state index contributed by atoms with van der Waals surface area (Å²) in [6, 6.07) is 0. The third kappa shape index (κ3) is 49.4. The summed E-state index contributed by atoms with van der Waals surface area (Å²) < 4.78 is 67.3. The average molecular weight is 1090 g/mol. The predicted molar refractivity (Wildman–Crippen MR) is 285 cm³/mol. The van der Waals surface area contributed by atoms with Gasteiger partial charge in [0.05, 0.1) is 26.4 Å². The number of rotatable bonds is 53. The van der Waals surface area contributed by atoms with E-state index in [9.17, 15) is 43.2 Å². The van der Waals surface area contributed by atoms with Gasteiger partial charge in [-0.15, -0.1) is 0 Å². The molecule has 0 heterocycles. The lowest BCUT2D eigenvalue weighted by molar-refractivity contribution is -0.161. The van der Waals surface area contributed by atoms with Crippen molar-refractivity contribution >= 4 is 39.5 Å². The van der Waals surface area contributed by atoms with Crippen LogP contribution in [0.5, 0.6) is 0 Å². The summed E-state index contributed by atoms with van der Waals surface area (Å²) in [5, 5.41) is 10.4. The minimum absolute atomic E-state index is 0.101. The summed E-state index contributed by atoms with van der Waals surface area (Å²) in [6.45, 7) is 9.13. The lowest BCUT2D eigenvalue weighted by atomic mass is 10.0. The molecule has 0 amide bonds. The highest BCUT2D eigenvalue weighted by molar-refractivity contribution is 7.47. The van der Waals surface area contributed by atoms with Gasteiger partial charge in [0, 0.05) is 25.7 Å². The molecule has 0 saturated carbocycles. The van der Waals surface area contributed by atoms with E-state index >= 15 is 0 Å². The van der Waals surface area contributed by atoms with Crippen molar-refractivity contribution in [3.05, 3.63) is 0 Å². The van der Waals surface area contributed by atoms with Gasteiger partial charge in [-0.1, -0.05) is 202 Å². The maximum atomic E-state index is 12.9. The number of carbonyl (C=O) groups is 4. The molecule has 0 rings (SSSR count). The maximum Gasteiger partial charge on any atom is 0.472 e. The number of unbranched alkanes of at least 4 members (excludes halogenated alkanes) is 23. The largest absolute Gasteiger partial charge is 0.472 e. The minimum Gasteiger partial charge on any atom is -0.462 e. The Bertz CT molecular complexity index is 1460. The number of carbonyl (C=O) groups excluding carboxylic acids is 4. The van der Waals surface area contributed by atoms with Gasteiger partial charge in [0.25, 0.3) is 0 Å². The third-order valence-electron chi connectivity index (χ3n) is 12.2. The Morgan fingerprint density at radius 2 is 0.630 bits per heavy atom. The fraction of sp³-hybridized carbons (Fsp3) is 0.926. The van der Waals surface area contributed by atoms with Crippen molar-refractivity contribution < 1.29 is 80.2 Å². The molecular weight excluding hydrogens is 983 g/mol. The highest BCUT2D eigenvalue weighted by Crippen LogP contribution is 2.45. The summed E-state index contributed by atoms with van der Waals surface area (Å²) in [5.74, 6) is -0.816. The number of esters is 4. The SMILES string of the molecule is CCCCCCCCCCCCC(=O)O[C@H](COC(=O)CCCCCCCCC(C)C)COP(=O)(O)OC[C@@H](O)COP(=O)(O)OC[C@@H](COC(=O)CCCCCCC)OC(=O)CCCCCCCCC(C)C. The number of hydrogen-bond acceptors (Lipinski definition) is 15. The van der Waals surface area contributed by atoms with Crippen LogP contribution in [-0.2, 0) is 65.4 Å². The van der Waals surface area contributed by atoms with E-state index in [0.29, 0.717) is 37.5 Å². The van der Waals surface area contributed by atoms with Crippen LogP contribution in [0.3, 0.4) is 0 Å². The first-order valence-corrected chi connectivity index (χ1v) is 31.5. The number of phosphoric acid groups is 2. The van der Waals surface area contributed by atoms with Crippen molar-refractivity contribution in [2.75, 3.05) is 39.6 Å². The molecule has 0 aromatic heterocycles. The van der Waals surface area contributed by atoms with Gasteiger partial charge in [-0.25, -0.2) is 9.13 Å². The van der Waals surface area contributed by atoms with Crippen molar-refractivity contribution in [1.82, 2.24) is 0 Å². The highest BCUT2D eigenvalue weighted by Gasteiger charge is 2.30. The van der Waals surface area contributed by atoms with Crippen molar-refractivity contribution in [3.8, 4) is 0 Å². The van der Waals surface area contributed by atoms with Gasteiger partial charge < -0.3 is 33.8 Å². The summed E-state index contributed by atoms with van der Waals surface area (Å²) in [6.07, 6.45) is 25.9. The van der Waals surface area contributed by atoms with Crippen LogP contribution in [0.15, 0.2) is 0 Å². The van der Waals surface area contributed by atoms with Crippen LogP contribution >= 0.6 is 15.6 Å². The van der Waals surface area contributed by atoms with E-state index in [4.69, 9.17) is 37.0 Å². The van der Waals surface area contributed by atoms with Crippen molar-refractivity contribution in [2.45, 2.75) is 272 Å². The van der Waals surface area contributed by atoms with Gasteiger partial charge in [0.15, 0.2) is 12.2 Å². The molecule has 0 aliphatic carbocycles. The summed E-state index contributed by atoms with van der Waals surface area (Å²) in [4.78, 5) is 71.4. The summed E-state index contributed by atoms with van der Waals surface area (Å²) in [5.41, 5.74) is 0. The van der Waals surface area contributed by atoms with Crippen molar-refractivity contribution in [2.24, 2.45) is 11.8 Å². The Morgan fingerprint density at radius 3 is 0.932 bits per heavy atom. The molecule has 0 aliphatic rings. The number of ether oxygens (including phenoxy) is 4. The average Bonchev–Trinajstić information content (AvgIpc) is 3.33. The summed E-state index contributed by atoms with van der Waals surface area (Å²) >= 11 is 0. The smallest absolute Gasteiger partial charge is 0.462 e. The maximum absolute atomic E-state index is 12.9. The standard InChI is InChI=1S/C54H104O17P2/c1-7-9-11-13-14-15-16-17-26-32-38-53(58)70-50(43-65-52(57)37-31-25-20-18-23-28-34-46(3)4)45-69-73(62,63)67-41-48(55)40-66-72(60,61)68-44-49(42-64-51(56)36-30-22-12-10-8-2)71-54(59)39-33-27-21-19-24-29-35-47(5)6/h46-50,55H,7-45H2,1-6H3,(H,60,61)(H,62,63)/t48-,49+,50+/m0/s1. The number of hydrogen-bond donors (Lipinski definition) is 3. The zero-order chi connectivity index (χ0) is 54.4. The monoisotopic (exact) mass is 1090 g/mol. The predicted octanol–water partition coefficient (Wildman–Crippen LogP) is 13.7. The van der Waals surface area contributed by atoms with E-state index in [1.807, 2.05) is 0 Å². The second kappa shape index (κ2) is 47.3. The molecule has 2 unspecified atom stereocenters. The van der Waals surface area contributed by atoms with Crippen molar-refractivity contribution in [3.63, 3.8) is 0 Å². The Hall–Kier alpha value is -1.94. The first kappa shape index (κ1) is 71.1. The first-order chi connectivity index (χ1) is 34.9. The Labute approximate surface area is 441 Å². The van der Waals surface area contributed by atoms with E-state index < -0.39 is 97.5 Å². The van der Waals surface area contributed by atoms with Crippen LogP contribution in [0, 0.1) is 11.8 Å². The topological polar surface area (TPSA) is 237 Å². The molecule has 0 radical (unpaired) electrons. The molecule has 0 saturated heterocycles. The molecule has 73 heavy (non-hydrogen) atoms. The van der Waals surface area contributed by atoms with Crippen LogP contribution in [0.2, 0.25) is 0 Å². The Kier molecular flexibility index (Phi) is 46.0. The lowest BCUT2D eigenvalue weighted by Crippen LogP contribution is -2.30. The molecule has 3 N–H and O–H groups in total. The zero-order valence-electron chi connectivity index (χ0n) is 46.4. The quantitative estimate of drug-likeness (QED) is 0.0222. The van der Waals surface area contributed by atoms with Gasteiger partial charge in [-0.05, 0) is 37.5 Å². The molecule has 0 aliphatic heterocycles. The fourth-order valence-corrected chi connectivity index (χ4v) is 9.34. The van der Waals surface area contributed by atoms with Crippen LogP contribution in [0.25, 0.3) is 0 Å². The van der Waals surface area contributed by atoms with E-state index in [0.717, 1.165) is 103 Å². The molecule has 432 valence electrons. The van der Waals surface area contributed by atoms with E-state index in [2.05, 4.69) is 41.5 Å². The fourth-order valence-electron chi connectivity index (χ4n) is 7.76. The van der Waals surface area contributed by atoms with E-state index in [-0.39, 0.29) is 25.7 Å². The molecule has 0 spiro atoms. The van der Waals surface area contributed by atoms with Gasteiger partial charge in [-0.3, -0.25) is 37.3 Å². The molecule has 0 fully saturated rings. The molecule has 5 atom stereocenters. The molecule has 17 nitrogen and oxygen atoms in total. The number of aliphatic hydroxyl groups excluding tert-OH is 1. The van der Waals surface area contributed by atoms with Crippen LogP contribution < -0.4 is 0 Å². The molecule has 0 bridgehead atoms. The first-order valence-electron chi connectivity index (χ1n) is 28.5. The lowest BCUT2D eigenvalue weighted by Gasteiger charge is -2.21. The summed E-state index contributed by atoms with van der Waals surface area (Å²) in [7, 11) is -9.85. The van der Waals surface area contributed by atoms with Crippen molar-refractivity contribution in [1.29, 1.82) is 0 Å². The molecule has 0 aromatic rings. The Morgan fingerprint density at radius 1 is 0.370 bits per heavy atom. The Balaban J connectivity index is 5.19. The van der Waals surface area contributed by atoms with Crippen LogP contribution in [0.4, 0.5) is 0 Å². The second-order valence-corrected chi connectivity index (χ2v) is 23.5.